The fourth-order valence-electron chi connectivity index (χ4n) is 3.03. The minimum absolute atomic E-state index is 0.235. The van der Waals surface area contributed by atoms with E-state index in [9.17, 15) is 4.79 Å². The van der Waals surface area contributed by atoms with Gasteiger partial charge in [0.25, 0.3) is 5.91 Å². The quantitative estimate of drug-likeness (QED) is 0.656. The molecule has 0 saturated heterocycles. The van der Waals surface area contributed by atoms with E-state index in [0.29, 0.717) is 24.6 Å². The Kier molecular flexibility index (Phi) is 6.22. The fraction of sp³-hybridized carbons (Fsp3) is 0.227. The first-order chi connectivity index (χ1) is 13.5. The Bertz CT molecular complexity index is 952. The van der Waals surface area contributed by atoms with Crippen LogP contribution in [0.2, 0.25) is 0 Å². The maximum absolute atomic E-state index is 12.4. The predicted octanol–water partition coefficient (Wildman–Crippen LogP) is 3.82. The molecule has 0 aliphatic heterocycles. The average Bonchev–Trinajstić information content (AvgIpc) is 2.67. The van der Waals surface area contributed by atoms with Crippen molar-refractivity contribution in [1.82, 2.24) is 15.3 Å². The van der Waals surface area contributed by atoms with E-state index in [1.165, 1.54) is 0 Å². The van der Waals surface area contributed by atoms with Gasteiger partial charge in [0.15, 0.2) is 0 Å². The monoisotopic (exact) mass is 376 g/mol. The summed E-state index contributed by atoms with van der Waals surface area (Å²) in [6, 6.07) is 15.5. The number of amides is 1. The van der Waals surface area contributed by atoms with Crippen molar-refractivity contribution in [3.8, 4) is 5.75 Å². The molecule has 1 heterocycles. The van der Waals surface area contributed by atoms with Crippen LogP contribution in [0.15, 0.2) is 54.7 Å². The van der Waals surface area contributed by atoms with Crippen molar-refractivity contribution in [2.24, 2.45) is 0 Å². The van der Waals surface area contributed by atoms with E-state index in [4.69, 9.17) is 4.74 Å². The van der Waals surface area contributed by atoms with Crippen LogP contribution in [0.5, 0.6) is 5.75 Å². The minimum Gasteiger partial charge on any atom is -0.496 e. The first kappa shape index (κ1) is 19.4. The van der Waals surface area contributed by atoms with Crippen molar-refractivity contribution in [2.75, 3.05) is 19.0 Å². The van der Waals surface area contributed by atoms with Crippen molar-refractivity contribution < 1.29 is 9.53 Å². The lowest BCUT2D eigenvalue weighted by Crippen LogP contribution is -2.26. The second-order valence-corrected chi connectivity index (χ2v) is 6.58. The fourth-order valence-corrected chi connectivity index (χ4v) is 3.03. The van der Waals surface area contributed by atoms with Gasteiger partial charge in [-0.05, 0) is 61.2 Å². The van der Waals surface area contributed by atoms with Crippen molar-refractivity contribution in [3.05, 3.63) is 77.1 Å². The molecule has 3 rings (SSSR count). The second-order valence-electron chi connectivity index (χ2n) is 6.58. The molecular formula is C22H24N4O2. The molecule has 2 aromatic carbocycles. The zero-order valence-electron chi connectivity index (χ0n) is 16.3. The molecule has 0 radical (unpaired) electrons. The van der Waals surface area contributed by atoms with Crippen LogP contribution in [-0.2, 0) is 6.42 Å². The Hall–Kier alpha value is -3.41. The number of carbonyl (C=O) groups is 1. The molecule has 1 aromatic heterocycles. The number of nitrogens with zero attached hydrogens (tertiary/aromatic N) is 2. The molecule has 0 atom stereocenters. The molecule has 3 aromatic rings. The highest BCUT2D eigenvalue weighted by Crippen LogP contribution is 2.18. The first-order valence-electron chi connectivity index (χ1n) is 9.13. The van der Waals surface area contributed by atoms with Gasteiger partial charge in [-0.3, -0.25) is 4.79 Å². The van der Waals surface area contributed by atoms with E-state index >= 15 is 0 Å². The number of hydrogen-bond acceptors (Lipinski definition) is 5. The number of nitrogens with one attached hydrogen (secondary N) is 2. The molecule has 0 saturated carbocycles. The van der Waals surface area contributed by atoms with E-state index in [1.807, 2.05) is 50.2 Å². The van der Waals surface area contributed by atoms with Crippen LogP contribution in [0.25, 0.3) is 0 Å². The summed E-state index contributed by atoms with van der Waals surface area (Å²) in [7, 11) is 1.64. The summed E-state index contributed by atoms with van der Waals surface area (Å²) in [6.07, 6.45) is 2.25. The number of methoxy groups -OCH3 is 1. The number of aryl methyl sites for hydroxylation is 2. The summed E-state index contributed by atoms with van der Waals surface area (Å²) >= 11 is 0. The summed E-state index contributed by atoms with van der Waals surface area (Å²) in [5, 5.41) is 6.05. The Balaban J connectivity index is 1.62. The van der Waals surface area contributed by atoms with E-state index in [0.717, 1.165) is 28.1 Å². The zero-order valence-corrected chi connectivity index (χ0v) is 16.3. The van der Waals surface area contributed by atoms with Gasteiger partial charge in [0, 0.05) is 18.4 Å². The first-order valence-corrected chi connectivity index (χ1v) is 9.13. The summed E-state index contributed by atoms with van der Waals surface area (Å²) < 4.78 is 5.33. The molecule has 1 amide bonds. The molecule has 2 N–H and O–H groups in total. The van der Waals surface area contributed by atoms with Crippen LogP contribution in [0.4, 0.5) is 11.6 Å². The normalized spacial score (nSPS) is 10.4. The van der Waals surface area contributed by atoms with Crippen LogP contribution >= 0.6 is 0 Å². The Morgan fingerprint density at radius 1 is 1.07 bits per heavy atom. The number of benzene rings is 2. The van der Waals surface area contributed by atoms with Gasteiger partial charge in [0.05, 0.1) is 7.11 Å². The molecule has 0 bridgehead atoms. The molecule has 6 heteroatoms. The van der Waals surface area contributed by atoms with E-state index in [-0.39, 0.29) is 5.91 Å². The Morgan fingerprint density at radius 3 is 2.57 bits per heavy atom. The standard InChI is InChI=1S/C22H24N4O2/c1-15-12-16(2)14-18(13-15)25-22-24-11-9-19(26-22)21(27)23-10-8-17-6-4-5-7-20(17)28-3/h4-7,9,11-14H,8,10H2,1-3H3,(H,23,27)(H,24,25,26). The number of para-hydroxylation sites is 1. The summed E-state index contributed by atoms with van der Waals surface area (Å²) in [5.41, 5.74) is 4.55. The summed E-state index contributed by atoms with van der Waals surface area (Å²) in [4.78, 5) is 21.0. The van der Waals surface area contributed by atoms with Gasteiger partial charge in [0.2, 0.25) is 5.95 Å². The van der Waals surface area contributed by atoms with Gasteiger partial charge in [-0.2, -0.15) is 0 Å². The van der Waals surface area contributed by atoms with Gasteiger partial charge < -0.3 is 15.4 Å². The van der Waals surface area contributed by atoms with Gasteiger partial charge >= 0.3 is 0 Å². The van der Waals surface area contributed by atoms with Gasteiger partial charge in [-0.1, -0.05) is 24.3 Å². The van der Waals surface area contributed by atoms with Crippen molar-refractivity contribution in [3.63, 3.8) is 0 Å². The molecule has 0 spiro atoms. The summed E-state index contributed by atoms with van der Waals surface area (Å²) in [6.45, 7) is 4.55. The number of rotatable bonds is 7. The lowest BCUT2D eigenvalue weighted by molar-refractivity contribution is 0.0949. The van der Waals surface area contributed by atoms with Crippen molar-refractivity contribution >= 4 is 17.5 Å². The topological polar surface area (TPSA) is 76.1 Å². The third-order valence-corrected chi connectivity index (χ3v) is 4.24. The molecule has 144 valence electrons. The smallest absolute Gasteiger partial charge is 0.270 e. The lowest BCUT2D eigenvalue weighted by Gasteiger charge is -2.10. The van der Waals surface area contributed by atoms with Crippen LogP contribution in [0.3, 0.4) is 0 Å². The number of ether oxygens (including phenoxy) is 1. The largest absolute Gasteiger partial charge is 0.496 e. The molecule has 0 aliphatic rings. The number of carbonyl (C=O) groups excluding carboxylic acids is 1. The Labute approximate surface area is 165 Å². The minimum atomic E-state index is -0.235. The Morgan fingerprint density at radius 2 is 1.82 bits per heavy atom. The molecule has 6 nitrogen and oxygen atoms in total. The molecule has 0 aliphatic carbocycles. The van der Waals surface area contributed by atoms with Crippen LogP contribution < -0.4 is 15.4 Å². The van der Waals surface area contributed by atoms with Crippen molar-refractivity contribution in [2.45, 2.75) is 20.3 Å². The van der Waals surface area contributed by atoms with Crippen LogP contribution in [-0.4, -0.2) is 29.5 Å². The average molecular weight is 376 g/mol. The van der Waals surface area contributed by atoms with E-state index in [2.05, 4.69) is 26.7 Å². The maximum atomic E-state index is 12.4. The van der Waals surface area contributed by atoms with Crippen molar-refractivity contribution in [1.29, 1.82) is 0 Å². The number of anilines is 2. The number of aromatic nitrogens is 2. The lowest BCUT2D eigenvalue weighted by atomic mass is 10.1. The van der Waals surface area contributed by atoms with Gasteiger partial charge in [-0.15, -0.1) is 0 Å². The highest BCUT2D eigenvalue weighted by atomic mass is 16.5. The van der Waals surface area contributed by atoms with Crippen LogP contribution in [0, 0.1) is 13.8 Å². The van der Waals surface area contributed by atoms with E-state index in [1.54, 1.807) is 19.4 Å². The van der Waals surface area contributed by atoms with E-state index < -0.39 is 0 Å². The third kappa shape index (κ3) is 5.07. The predicted molar refractivity (Wildman–Crippen MR) is 110 cm³/mol. The molecule has 0 unspecified atom stereocenters. The SMILES string of the molecule is COc1ccccc1CCNC(=O)c1ccnc(Nc2cc(C)cc(C)c2)n1. The molecule has 28 heavy (non-hydrogen) atoms. The summed E-state index contributed by atoms with van der Waals surface area (Å²) in [5.74, 6) is 0.974. The van der Waals surface area contributed by atoms with Gasteiger partial charge in [-0.25, -0.2) is 9.97 Å². The highest BCUT2D eigenvalue weighted by Gasteiger charge is 2.10. The second kappa shape index (κ2) is 8.99. The zero-order chi connectivity index (χ0) is 19.9. The van der Waals surface area contributed by atoms with Crippen LogP contribution in [0.1, 0.15) is 27.2 Å². The highest BCUT2D eigenvalue weighted by molar-refractivity contribution is 5.92. The van der Waals surface area contributed by atoms with Gasteiger partial charge in [0.1, 0.15) is 11.4 Å². The third-order valence-electron chi connectivity index (χ3n) is 4.24. The molecule has 0 fully saturated rings. The number of hydrogen-bond donors (Lipinski definition) is 2. The maximum Gasteiger partial charge on any atom is 0.270 e. The molecular weight excluding hydrogens is 352 g/mol.